The standard InChI is InChI=1S/C10H14FNO3S/c1-10(2,7-13)12-16(14,15)9-5-3-8(11)4-6-9/h3-6,12-13H,7H2,1-2H3. The van der Waals surface area contributed by atoms with E-state index in [4.69, 9.17) is 5.11 Å². The minimum atomic E-state index is -3.72. The molecule has 0 radical (unpaired) electrons. The van der Waals surface area contributed by atoms with Crippen LogP contribution in [0.3, 0.4) is 0 Å². The summed E-state index contributed by atoms with van der Waals surface area (Å²) in [4.78, 5) is -0.0320. The van der Waals surface area contributed by atoms with Gasteiger partial charge < -0.3 is 5.11 Å². The van der Waals surface area contributed by atoms with Crippen LogP contribution in [0.15, 0.2) is 29.2 Å². The summed E-state index contributed by atoms with van der Waals surface area (Å²) >= 11 is 0. The largest absolute Gasteiger partial charge is 0.394 e. The van der Waals surface area contributed by atoms with Crippen LogP contribution in [0.2, 0.25) is 0 Å². The Morgan fingerprint density at radius 2 is 1.81 bits per heavy atom. The fourth-order valence-corrected chi connectivity index (χ4v) is 2.47. The molecule has 0 aliphatic rings. The second-order valence-corrected chi connectivity index (χ2v) is 5.78. The second-order valence-electron chi connectivity index (χ2n) is 4.10. The van der Waals surface area contributed by atoms with Crippen molar-refractivity contribution in [1.29, 1.82) is 0 Å². The van der Waals surface area contributed by atoms with Crippen molar-refractivity contribution in [2.75, 3.05) is 6.61 Å². The van der Waals surface area contributed by atoms with E-state index in [1.54, 1.807) is 13.8 Å². The number of nitrogens with one attached hydrogen (secondary N) is 1. The van der Waals surface area contributed by atoms with Crippen molar-refractivity contribution in [3.8, 4) is 0 Å². The molecule has 0 aliphatic carbocycles. The molecule has 0 saturated carbocycles. The van der Waals surface area contributed by atoms with Crippen molar-refractivity contribution in [3.63, 3.8) is 0 Å². The van der Waals surface area contributed by atoms with Crippen LogP contribution >= 0.6 is 0 Å². The van der Waals surface area contributed by atoms with Crippen LogP contribution in [-0.4, -0.2) is 25.7 Å². The first-order chi connectivity index (χ1) is 7.27. The quantitative estimate of drug-likeness (QED) is 0.830. The van der Waals surface area contributed by atoms with Crippen LogP contribution in [0.4, 0.5) is 4.39 Å². The van der Waals surface area contributed by atoms with Crippen LogP contribution in [0.25, 0.3) is 0 Å². The van der Waals surface area contributed by atoms with Crippen LogP contribution in [0.1, 0.15) is 13.8 Å². The van der Waals surface area contributed by atoms with Crippen molar-refractivity contribution in [3.05, 3.63) is 30.1 Å². The van der Waals surface area contributed by atoms with Gasteiger partial charge in [0.2, 0.25) is 10.0 Å². The summed E-state index contributed by atoms with van der Waals surface area (Å²) in [5.41, 5.74) is -0.951. The van der Waals surface area contributed by atoms with E-state index in [-0.39, 0.29) is 11.5 Å². The predicted octanol–water partition coefficient (Wildman–Crippen LogP) is 0.875. The zero-order valence-electron chi connectivity index (χ0n) is 9.07. The fraction of sp³-hybridized carbons (Fsp3) is 0.400. The van der Waals surface area contributed by atoms with E-state index in [0.717, 1.165) is 12.1 Å². The molecule has 0 bridgehead atoms. The normalized spacial score (nSPS) is 12.8. The van der Waals surface area contributed by atoms with E-state index in [0.29, 0.717) is 0 Å². The summed E-state index contributed by atoms with van der Waals surface area (Å²) < 4.78 is 38.5. The lowest BCUT2D eigenvalue weighted by Gasteiger charge is -2.23. The Kier molecular flexibility index (Phi) is 3.67. The van der Waals surface area contributed by atoms with E-state index in [9.17, 15) is 12.8 Å². The number of aliphatic hydroxyl groups excluding tert-OH is 1. The zero-order chi connectivity index (χ0) is 12.4. The van der Waals surface area contributed by atoms with Crippen molar-refractivity contribution in [1.82, 2.24) is 4.72 Å². The molecule has 0 saturated heterocycles. The van der Waals surface area contributed by atoms with Crippen molar-refractivity contribution < 1.29 is 17.9 Å². The molecular weight excluding hydrogens is 233 g/mol. The lowest BCUT2D eigenvalue weighted by Crippen LogP contribution is -2.46. The Morgan fingerprint density at radius 1 is 1.31 bits per heavy atom. The molecule has 0 amide bonds. The Labute approximate surface area is 94.2 Å². The topological polar surface area (TPSA) is 66.4 Å². The molecule has 16 heavy (non-hydrogen) atoms. The summed E-state index contributed by atoms with van der Waals surface area (Å²) in [6.45, 7) is 2.77. The minimum Gasteiger partial charge on any atom is -0.394 e. The monoisotopic (exact) mass is 247 g/mol. The number of halogens is 1. The molecule has 0 unspecified atom stereocenters. The van der Waals surface area contributed by atoms with Gasteiger partial charge in [-0.05, 0) is 38.1 Å². The third kappa shape index (κ3) is 3.26. The molecule has 1 aromatic rings. The number of rotatable bonds is 4. The Morgan fingerprint density at radius 3 is 2.25 bits per heavy atom. The molecule has 1 rings (SSSR count). The SMILES string of the molecule is CC(C)(CO)NS(=O)(=O)c1ccc(F)cc1. The summed E-state index contributed by atoms with van der Waals surface area (Å²) in [6.07, 6.45) is 0. The van der Waals surface area contributed by atoms with Gasteiger partial charge in [-0.25, -0.2) is 17.5 Å². The molecule has 0 aliphatic heterocycles. The van der Waals surface area contributed by atoms with Crippen LogP contribution < -0.4 is 4.72 Å². The summed E-state index contributed by atoms with van der Waals surface area (Å²) in [7, 11) is -3.72. The highest BCUT2D eigenvalue weighted by molar-refractivity contribution is 7.89. The van der Waals surface area contributed by atoms with E-state index in [1.807, 2.05) is 0 Å². The Hall–Kier alpha value is -0.980. The van der Waals surface area contributed by atoms with Gasteiger partial charge in [0.05, 0.1) is 17.0 Å². The van der Waals surface area contributed by atoms with E-state index in [2.05, 4.69) is 4.72 Å². The van der Waals surface area contributed by atoms with Gasteiger partial charge in [-0.15, -0.1) is 0 Å². The highest BCUT2D eigenvalue weighted by Gasteiger charge is 2.25. The maximum atomic E-state index is 12.6. The maximum absolute atomic E-state index is 12.6. The average Bonchev–Trinajstić information content (AvgIpc) is 2.17. The van der Waals surface area contributed by atoms with Gasteiger partial charge in [0.15, 0.2) is 0 Å². The first-order valence-electron chi connectivity index (χ1n) is 4.67. The van der Waals surface area contributed by atoms with E-state index >= 15 is 0 Å². The second kappa shape index (κ2) is 4.48. The number of hydrogen-bond donors (Lipinski definition) is 2. The van der Waals surface area contributed by atoms with E-state index in [1.165, 1.54) is 12.1 Å². The Balaban J connectivity index is 2.99. The zero-order valence-corrected chi connectivity index (χ0v) is 9.88. The third-order valence-corrected chi connectivity index (χ3v) is 3.64. The highest BCUT2D eigenvalue weighted by atomic mass is 32.2. The molecule has 2 N–H and O–H groups in total. The number of aliphatic hydroxyl groups is 1. The van der Waals surface area contributed by atoms with Crippen LogP contribution in [0, 0.1) is 5.82 Å². The lowest BCUT2D eigenvalue weighted by atomic mass is 10.1. The van der Waals surface area contributed by atoms with Crippen molar-refractivity contribution >= 4 is 10.0 Å². The van der Waals surface area contributed by atoms with Gasteiger partial charge in [-0.3, -0.25) is 0 Å². The summed E-state index contributed by atoms with van der Waals surface area (Å²) in [6, 6.07) is 4.48. The molecule has 1 aromatic carbocycles. The fourth-order valence-electron chi connectivity index (χ4n) is 1.07. The molecule has 90 valence electrons. The smallest absolute Gasteiger partial charge is 0.241 e. The van der Waals surface area contributed by atoms with Gasteiger partial charge in [0.1, 0.15) is 5.82 Å². The number of sulfonamides is 1. The van der Waals surface area contributed by atoms with Gasteiger partial charge >= 0.3 is 0 Å². The number of hydrogen-bond acceptors (Lipinski definition) is 3. The van der Waals surface area contributed by atoms with Gasteiger partial charge in [0.25, 0.3) is 0 Å². The van der Waals surface area contributed by atoms with E-state index < -0.39 is 21.4 Å². The van der Waals surface area contributed by atoms with Crippen LogP contribution in [0.5, 0.6) is 0 Å². The van der Waals surface area contributed by atoms with Crippen LogP contribution in [-0.2, 0) is 10.0 Å². The molecule has 6 heteroatoms. The van der Waals surface area contributed by atoms with Crippen molar-refractivity contribution in [2.45, 2.75) is 24.3 Å². The summed E-state index contributed by atoms with van der Waals surface area (Å²) in [5.74, 6) is -0.500. The molecule has 0 spiro atoms. The van der Waals surface area contributed by atoms with Gasteiger partial charge in [-0.2, -0.15) is 0 Å². The summed E-state index contributed by atoms with van der Waals surface area (Å²) in [5, 5.41) is 8.96. The predicted molar refractivity (Wildman–Crippen MR) is 57.9 cm³/mol. The maximum Gasteiger partial charge on any atom is 0.241 e. The Bertz CT molecular complexity index is 453. The number of benzene rings is 1. The molecule has 0 fully saturated rings. The molecule has 0 atom stereocenters. The molecule has 0 heterocycles. The molecular formula is C10H14FNO3S. The minimum absolute atomic E-state index is 0.0320. The lowest BCUT2D eigenvalue weighted by molar-refractivity contribution is 0.208. The third-order valence-electron chi connectivity index (χ3n) is 1.93. The first-order valence-corrected chi connectivity index (χ1v) is 6.15. The molecule has 0 aromatic heterocycles. The van der Waals surface area contributed by atoms with Gasteiger partial charge in [-0.1, -0.05) is 0 Å². The molecule has 4 nitrogen and oxygen atoms in total. The average molecular weight is 247 g/mol. The van der Waals surface area contributed by atoms with Crippen molar-refractivity contribution in [2.24, 2.45) is 0 Å². The first kappa shape index (κ1) is 13.1. The highest BCUT2D eigenvalue weighted by Crippen LogP contribution is 2.13. The van der Waals surface area contributed by atoms with Gasteiger partial charge in [0, 0.05) is 0 Å².